The Morgan fingerprint density at radius 1 is 1.19 bits per heavy atom. The molecule has 170 valence electrons. The number of methoxy groups -OCH3 is 1. The third kappa shape index (κ3) is 4.54. The Labute approximate surface area is 186 Å². The monoisotopic (exact) mass is 438 g/mol. The quantitative estimate of drug-likeness (QED) is 0.577. The van der Waals surface area contributed by atoms with Crippen LogP contribution in [-0.2, 0) is 24.4 Å². The summed E-state index contributed by atoms with van der Waals surface area (Å²) in [6.07, 6.45) is 7.00. The zero-order valence-corrected chi connectivity index (χ0v) is 18.5. The predicted molar refractivity (Wildman–Crippen MR) is 119 cm³/mol. The Morgan fingerprint density at radius 3 is 2.84 bits per heavy atom. The van der Waals surface area contributed by atoms with E-state index in [1.54, 1.807) is 7.11 Å². The van der Waals surface area contributed by atoms with E-state index < -0.39 is 0 Å². The molecule has 1 unspecified atom stereocenters. The lowest BCUT2D eigenvalue weighted by atomic mass is 10.1. The summed E-state index contributed by atoms with van der Waals surface area (Å²) in [6.45, 7) is 2.66. The van der Waals surface area contributed by atoms with Gasteiger partial charge >= 0.3 is 0 Å². The van der Waals surface area contributed by atoms with Gasteiger partial charge in [0.15, 0.2) is 5.82 Å². The smallest absolute Gasteiger partial charge is 0.252 e. The van der Waals surface area contributed by atoms with Crippen molar-refractivity contribution in [2.24, 2.45) is 0 Å². The van der Waals surface area contributed by atoms with Crippen LogP contribution in [0, 0.1) is 0 Å². The molecule has 32 heavy (non-hydrogen) atoms. The van der Waals surface area contributed by atoms with Gasteiger partial charge < -0.3 is 14.5 Å². The minimum Gasteiger partial charge on any atom is -0.497 e. The summed E-state index contributed by atoms with van der Waals surface area (Å²) in [5, 5.41) is 13.4. The Hall–Kier alpha value is -2.78. The van der Waals surface area contributed by atoms with Gasteiger partial charge in [-0.05, 0) is 60.4 Å². The highest BCUT2D eigenvalue weighted by Crippen LogP contribution is 2.27. The van der Waals surface area contributed by atoms with Gasteiger partial charge in [-0.2, -0.15) is 0 Å². The number of hydrogen-bond donors (Lipinski definition) is 1. The first-order valence-electron chi connectivity index (χ1n) is 11.5. The molecular formula is C23H30N6O3. The topological polar surface area (TPSA) is 98.2 Å². The Balaban J connectivity index is 1.40. The van der Waals surface area contributed by atoms with E-state index in [0.717, 1.165) is 60.3 Å². The van der Waals surface area contributed by atoms with Gasteiger partial charge in [0.25, 0.3) is 5.56 Å². The van der Waals surface area contributed by atoms with Crippen LogP contribution in [-0.4, -0.2) is 56.0 Å². The number of benzene rings is 1. The fourth-order valence-corrected chi connectivity index (χ4v) is 4.92. The number of pyridine rings is 1. The lowest BCUT2D eigenvalue weighted by Gasteiger charge is -2.28. The molecule has 3 heterocycles. The molecule has 0 amide bonds. The van der Waals surface area contributed by atoms with Gasteiger partial charge in [-0.15, -0.1) is 5.10 Å². The fraction of sp³-hybridized carbons (Fsp3) is 0.565. The van der Waals surface area contributed by atoms with Crippen molar-refractivity contribution >= 4 is 10.9 Å². The molecule has 1 N–H and O–H groups in total. The Bertz CT molecular complexity index is 1110. The first kappa shape index (κ1) is 21.1. The van der Waals surface area contributed by atoms with Crippen LogP contribution in [0.15, 0.2) is 29.1 Å². The van der Waals surface area contributed by atoms with Gasteiger partial charge in [-0.1, -0.05) is 12.8 Å². The van der Waals surface area contributed by atoms with Gasteiger partial charge in [-0.3, -0.25) is 9.69 Å². The SMILES string of the molecule is COc1ccc2[nH]c(=O)c(CN(Cc3nnnn3CC3CCCO3)C3CCCC3)cc2c1. The van der Waals surface area contributed by atoms with Crippen LogP contribution in [0.2, 0.25) is 0 Å². The number of rotatable bonds is 8. The highest BCUT2D eigenvalue weighted by Gasteiger charge is 2.26. The van der Waals surface area contributed by atoms with Crippen LogP contribution in [0.3, 0.4) is 0 Å². The molecule has 0 spiro atoms. The molecule has 1 aliphatic heterocycles. The van der Waals surface area contributed by atoms with Crippen molar-refractivity contribution < 1.29 is 9.47 Å². The standard InChI is InChI=1S/C23H30N6O3/c1-31-19-8-9-21-16(12-19)11-17(23(30)24-21)13-28(18-5-2-3-6-18)15-22-25-26-27-29(22)14-20-7-4-10-32-20/h8-9,11-12,18,20H,2-7,10,13-15H2,1H3,(H,24,30). The summed E-state index contributed by atoms with van der Waals surface area (Å²) >= 11 is 0. The number of fused-ring (bicyclic) bond motifs is 1. The normalized spacial score (nSPS) is 19.4. The molecule has 5 rings (SSSR count). The van der Waals surface area contributed by atoms with Crippen LogP contribution in [0.4, 0.5) is 0 Å². The summed E-state index contributed by atoms with van der Waals surface area (Å²) in [5.74, 6) is 1.60. The van der Waals surface area contributed by atoms with Crippen molar-refractivity contribution in [2.45, 2.75) is 70.3 Å². The second kappa shape index (κ2) is 9.38. The van der Waals surface area contributed by atoms with Crippen molar-refractivity contribution in [2.75, 3.05) is 13.7 Å². The average molecular weight is 439 g/mol. The molecule has 1 aromatic carbocycles. The van der Waals surface area contributed by atoms with Crippen molar-refractivity contribution in [3.05, 3.63) is 46.0 Å². The second-order valence-electron chi connectivity index (χ2n) is 8.83. The average Bonchev–Trinajstić information content (AvgIpc) is 3.58. The number of ether oxygens (including phenoxy) is 2. The summed E-state index contributed by atoms with van der Waals surface area (Å²) in [4.78, 5) is 18.2. The van der Waals surface area contributed by atoms with Gasteiger partial charge in [0, 0.05) is 35.7 Å². The summed E-state index contributed by atoms with van der Waals surface area (Å²) < 4.78 is 13.0. The number of nitrogens with one attached hydrogen (secondary N) is 1. The zero-order valence-electron chi connectivity index (χ0n) is 18.5. The number of tetrazole rings is 1. The lowest BCUT2D eigenvalue weighted by molar-refractivity contribution is 0.0906. The molecule has 1 saturated heterocycles. The summed E-state index contributed by atoms with van der Waals surface area (Å²) in [7, 11) is 1.65. The molecule has 0 bridgehead atoms. The molecule has 2 aromatic heterocycles. The van der Waals surface area contributed by atoms with Crippen molar-refractivity contribution in [3.8, 4) is 5.75 Å². The van der Waals surface area contributed by atoms with Gasteiger partial charge in [0.2, 0.25) is 0 Å². The first-order valence-corrected chi connectivity index (χ1v) is 11.5. The van der Waals surface area contributed by atoms with Gasteiger partial charge in [0.05, 0.1) is 26.3 Å². The minimum atomic E-state index is -0.0513. The number of aromatic amines is 1. The molecular weight excluding hydrogens is 408 g/mol. The van der Waals surface area contributed by atoms with Crippen LogP contribution >= 0.6 is 0 Å². The molecule has 2 fully saturated rings. The molecule has 9 heteroatoms. The van der Waals surface area contributed by atoms with E-state index >= 15 is 0 Å². The van der Waals surface area contributed by atoms with Crippen molar-refractivity contribution in [1.82, 2.24) is 30.1 Å². The molecule has 1 aliphatic carbocycles. The van der Waals surface area contributed by atoms with Crippen molar-refractivity contribution in [1.29, 1.82) is 0 Å². The lowest BCUT2D eigenvalue weighted by Crippen LogP contribution is -2.35. The van der Waals surface area contributed by atoms with Crippen LogP contribution in [0.1, 0.15) is 49.9 Å². The molecule has 1 saturated carbocycles. The van der Waals surface area contributed by atoms with Gasteiger partial charge in [0.1, 0.15) is 5.75 Å². The van der Waals surface area contributed by atoms with E-state index in [4.69, 9.17) is 9.47 Å². The summed E-state index contributed by atoms with van der Waals surface area (Å²) in [6, 6.07) is 8.10. The van der Waals surface area contributed by atoms with E-state index in [9.17, 15) is 4.79 Å². The molecule has 3 aromatic rings. The van der Waals surface area contributed by atoms with Crippen LogP contribution in [0.5, 0.6) is 5.75 Å². The first-order chi connectivity index (χ1) is 15.7. The molecule has 0 radical (unpaired) electrons. The van der Waals surface area contributed by atoms with E-state index in [-0.39, 0.29) is 11.7 Å². The second-order valence-corrected chi connectivity index (χ2v) is 8.83. The fourth-order valence-electron chi connectivity index (χ4n) is 4.92. The Kier molecular flexibility index (Phi) is 6.18. The maximum absolute atomic E-state index is 12.9. The minimum absolute atomic E-state index is 0.0513. The molecule has 1 atom stereocenters. The predicted octanol–water partition coefficient (Wildman–Crippen LogP) is 2.65. The molecule has 2 aliphatic rings. The third-order valence-electron chi connectivity index (χ3n) is 6.69. The van der Waals surface area contributed by atoms with Crippen LogP contribution in [0.25, 0.3) is 10.9 Å². The number of H-pyrrole nitrogens is 1. The maximum atomic E-state index is 12.9. The molecule has 9 nitrogen and oxygen atoms in total. The van der Waals surface area contributed by atoms with E-state index in [1.165, 1.54) is 12.8 Å². The van der Waals surface area contributed by atoms with Crippen LogP contribution < -0.4 is 10.3 Å². The third-order valence-corrected chi connectivity index (χ3v) is 6.69. The highest BCUT2D eigenvalue weighted by molar-refractivity contribution is 5.80. The zero-order chi connectivity index (χ0) is 21.9. The Morgan fingerprint density at radius 2 is 2.06 bits per heavy atom. The van der Waals surface area contributed by atoms with Crippen molar-refractivity contribution in [3.63, 3.8) is 0 Å². The highest BCUT2D eigenvalue weighted by atomic mass is 16.5. The largest absolute Gasteiger partial charge is 0.497 e. The number of hydrogen-bond acceptors (Lipinski definition) is 7. The number of aromatic nitrogens is 5. The van der Waals surface area contributed by atoms with E-state index in [1.807, 2.05) is 28.9 Å². The van der Waals surface area contributed by atoms with Gasteiger partial charge in [-0.25, -0.2) is 4.68 Å². The maximum Gasteiger partial charge on any atom is 0.252 e. The van der Waals surface area contributed by atoms with E-state index in [0.29, 0.717) is 25.7 Å². The summed E-state index contributed by atoms with van der Waals surface area (Å²) in [5.41, 5.74) is 1.51. The number of nitrogens with zero attached hydrogens (tertiary/aromatic N) is 5. The van der Waals surface area contributed by atoms with E-state index in [2.05, 4.69) is 25.4 Å².